The first-order chi connectivity index (χ1) is 12.5. The summed E-state index contributed by atoms with van der Waals surface area (Å²) in [6, 6.07) is 9.16. The first kappa shape index (κ1) is 18.4. The number of aryl methyl sites for hydroxylation is 1. The summed E-state index contributed by atoms with van der Waals surface area (Å²) in [4.78, 5) is 25.6. The fourth-order valence-electron chi connectivity index (χ4n) is 3.47. The van der Waals surface area contributed by atoms with Crippen LogP contribution in [0.5, 0.6) is 0 Å². The zero-order valence-corrected chi connectivity index (χ0v) is 15.5. The van der Waals surface area contributed by atoms with Crippen LogP contribution >= 0.6 is 0 Å². The third-order valence-electron chi connectivity index (χ3n) is 4.89. The zero-order chi connectivity index (χ0) is 18.7. The van der Waals surface area contributed by atoms with Crippen LogP contribution in [0.15, 0.2) is 30.3 Å². The summed E-state index contributed by atoms with van der Waals surface area (Å²) in [7, 11) is 1.37. The number of quaternary nitrogens is 1. The van der Waals surface area contributed by atoms with Crippen LogP contribution < -0.4 is 4.90 Å². The molecular formula is C20H25N2O4+. The Kier molecular flexibility index (Phi) is 5.54. The molecule has 1 N–H and O–H groups in total. The summed E-state index contributed by atoms with van der Waals surface area (Å²) >= 11 is 0. The van der Waals surface area contributed by atoms with Gasteiger partial charge in [0.15, 0.2) is 0 Å². The number of ether oxygens (including phenoxy) is 2. The minimum absolute atomic E-state index is 0.160. The lowest BCUT2D eigenvalue weighted by Crippen LogP contribution is -3.14. The maximum absolute atomic E-state index is 12.8. The van der Waals surface area contributed by atoms with Crippen molar-refractivity contribution in [1.29, 1.82) is 0 Å². The van der Waals surface area contributed by atoms with Gasteiger partial charge >= 0.3 is 5.97 Å². The molecule has 2 aromatic rings. The van der Waals surface area contributed by atoms with Gasteiger partial charge < -0.3 is 18.9 Å². The number of methoxy groups -OCH3 is 1. The predicted octanol–water partition coefficient (Wildman–Crippen LogP) is 0.979. The highest BCUT2D eigenvalue weighted by molar-refractivity contribution is 5.98. The molecule has 138 valence electrons. The van der Waals surface area contributed by atoms with Gasteiger partial charge in [0.05, 0.1) is 25.9 Å². The van der Waals surface area contributed by atoms with Gasteiger partial charge in [0.2, 0.25) is 5.78 Å². The van der Waals surface area contributed by atoms with Crippen LogP contribution in [0.2, 0.25) is 0 Å². The molecule has 0 spiro atoms. The highest BCUT2D eigenvalue weighted by Gasteiger charge is 2.22. The number of hydrogen-bond donors (Lipinski definition) is 1. The topological polar surface area (TPSA) is 62.0 Å². The number of carbonyl (C=O) groups is 2. The molecule has 0 radical (unpaired) electrons. The van der Waals surface area contributed by atoms with E-state index < -0.39 is 0 Å². The Hall–Kier alpha value is -2.44. The van der Waals surface area contributed by atoms with Gasteiger partial charge in [-0.25, -0.2) is 4.79 Å². The molecule has 1 aromatic heterocycles. The molecular weight excluding hydrogens is 332 g/mol. The van der Waals surface area contributed by atoms with E-state index in [1.165, 1.54) is 12.0 Å². The molecule has 6 heteroatoms. The smallest absolute Gasteiger partial charge is 0.337 e. The quantitative estimate of drug-likeness (QED) is 0.640. The molecule has 0 atom stereocenters. The average Bonchev–Trinajstić information content (AvgIpc) is 2.96. The van der Waals surface area contributed by atoms with Crippen molar-refractivity contribution >= 4 is 11.8 Å². The fourth-order valence-corrected chi connectivity index (χ4v) is 3.47. The molecule has 0 bridgehead atoms. The Morgan fingerprint density at radius 1 is 1.15 bits per heavy atom. The molecule has 1 aliphatic heterocycles. The molecule has 0 amide bonds. The van der Waals surface area contributed by atoms with Crippen LogP contribution in [-0.2, 0) is 9.47 Å². The second-order valence-electron chi connectivity index (χ2n) is 6.62. The molecule has 3 rings (SSSR count). The van der Waals surface area contributed by atoms with Crippen LogP contribution in [0.1, 0.15) is 32.1 Å². The first-order valence-corrected chi connectivity index (χ1v) is 8.83. The Labute approximate surface area is 153 Å². The number of hydrogen-bond acceptors (Lipinski definition) is 4. The van der Waals surface area contributed by atoms with Gasteiger partial charge in [-0.05, 0) is 44.2 Å². The van der Waals surface area contributed by atoms with E-state index in [0.717, 1.165) is 35.7 Å². The monoisotopic (exact) mass is 357 g/mol. The summed E-state index contributed by atoms with van der Waals surface area (Å²) in [5.74, 6) is -0.200. The average molecular weight is 357 g/mol. The van der Waals surface area contributed by atoms with Crippen LogP contribution in [0, 0.1) is 13.8 Å². The van der Waals surface area contributed by atoms with Crippen molar-refractivity contribution in [3.63, 3.8) is 0 Å². The second-order valence-corrected chi connectivity index (χ2v) is 6.62. The molecule has 1 saturated heterocycles. The number of nitrogens with zero attached hydrogens (tertiary/aromatic N) is 1. The van der Waals surface area contributed by atoms with E-state index in [1.54, 1.807) is 12.1 Å². The SMILES string of the molecule is COC(=O)c1ccc(-n2c(C)cc(C(=O)C[NH+]3CCOCC3)c2C)cc1. The van der Waals surface area contributed by atoms with E-state index >= 15 is 0 Å². The fraction of sp³-hybridized carbons (Fsp3) is 0.400. The third-order valence-corrected chi connectivity index (χ3v) is 4.89. The van der Waals surface area contributed by atoms with Crippen molar-refractivity contribution in [3.05, 3.63) is 52.8 Å². The number of Topliss-reactive ketones (excluding diaryl/α,β-unsaturated/α-hetero) is 1. The minimum Gasteiger partial charge on any atom is -0.465 e. The molecule has 0 saturated carbocycles. The molecule has 1 aliphatic rings. The highest BCUT2D eigenvalue weighted by Crippen LogP contribution is 2.21. The minimum atomic E-state index is -0.359. The van der Waals surface area contributed by atoms with E-state index in [1.807, 2.05) is 36.6 Å². The molecule has 2 heterocycles. The van der Waals surface area contributed by atoms with E-state index in [0.29, 0.717) is 25.3 Å². The number of esters is 1. The Morgan fingerprint density at radius 3 is 2.42 bits per heavy atom. The second kappa shape index (κ2) is 7.85. The normalized spacial score (nSPS) is 15.0. The van der Waals surface area contributed by atoms with Gasteiger partial charge in [0.1, 0.15) is 19.6 Å². The van der Waals surface area contributed by atoms with Crippen LogP contribution in [0.4, 0.5) is 0 Å². The van der Waals surface area contributed by atoms with E-state index in [-0.39, 0.29) is 11.8 Å². The molecule has 0 aliphatic carbocycles. The molecule has 1 aromatic carbocycles. The van der Waals surface area contributed by atoms with Crippen molar-refractivity contribution in [3.8, 4) is 5.69 Å². The van der Waals surface area contributed by atoms with E-state index in [4.69, 9.17) is 9.47 Å². The summed E-state index contributed by atoms with van der Waals surface area (Å²) in [5, 5.41) is 0. The summed E-state index contributed by atoms with van der Waals surface area (Å²) < 4.78 is 12.1. The number of ketones is 1. The highest BCUT2D eigenvalue weighted by atomic mass is 16.5. The number of rotatable bonds is 5. The van der Waals surface area contributed by atoms with Gasteiger partial charge in [-0.15, -0.1) is 0 Å². The molecule has 0 unspecified atom stereocenters. The van der Waals surface area contributed by atoms with Crippen LogP contribution in [0.3, 0.4) is 0 Å². The summed E-state index contributed by atoms with van der Waals surface area (Å²) in [6.45, 7) is 7.62. The van der Waals surface area contributed by atoms with Crippen molar-refractivity contribution in [2.24, 2.45) is 0 Å². The van der Waals surface area contributed by atoms with Gasteiger partial charge in [0, 0.05) is 22.6 Å². The largest absolute Gasteiger partial charge is 0.465 e. The Bertz CT molecular complexity index is 802. The van der Waals surface area contributed by atoms with Crippen molar-refractivity contribution in [2.45, 2.75) is 13.8 Å². The number of carbonyl (C=O) groups excluding carboxylic acids is 2. The maximum Gasteiger partial charge on any atom is 0.337 e. The lowest BCUT2D eigenvalue weighted by molar-refractivity contribution is -0.899. The van der Waals surface area contributed by atoms with Crippen LogP contribution in [0.25, 0.3) is 5.69 Å². The van der Waals surface area contributed by atoms with Gasteiger partial charge in [0.25, 0.3) is 0 Å². The van der Waals surface area contributed by atoms with Crippen molar-refractivity contribution in [2.75, 3.05) is 40.0 Å². The van der Waals surface area contributed by atoms with Gasteiger partial charge in [-0.1, -0.05) is 0 Å². The summed E-state index contributed by atoms with van der Waals surface area (Å²) in [6.07, 6.45) is 0. The Balaban J connectivity index is 1.83. The maximum atomic E-state index is 12.8. The number of benzene rings is 1. The predicted molar refractivity (Wildman–Crippen MR) is 97.3 cm³/mol. The number of nitrogens with one attached hydrogen (secondary N) is 1. The lowest BCUT2D eigenvalue weighted by atomic mass is 10.1. The van der Waals surface area contributed by atoms with Crippen molar-refractivity contribution in [1.82, 2.24) is 4.57 Å². The van der Waals surface area contributed by atoms with Crippen molar-refractivity contribution < 1.29 is 24.0 Å². The molecule has 6 nitrogen and oxygen atoms in total. The van der Waals surface area contributed by atoms with E-state index in [9.17, 15) is 9.59 Å². The lowest BCUT2D eigenvalue weighted by Gasteiger charge is -2.22. The molecule has 26 heavy (non-hydrogen) atoms. The standard InChI is InChI=1S/C20H24N2O4/c1-14-12-18(19(23)13-21-8-10-26-11-9-21)15(2)22(14)17-6-4-16(5-7-17)20(24)25-3/h4-7,12H,8-11,13H2,1-3H3/p+1. The first-order valence-electron chi connectivity index (χ1n) is 8.83. The summed E-state index contributed by atoms with van der Waals surface area (Å²) in [5.41, 5.74) is 4.11. The third kappa shape index (κ3) is 3.71. The van der Waals surface area contributed by atoms with Gasteiger partial charge in [-0.2, -0.15) is 0 Å². The number of morpholine rings is 1. The van der Waals surface area contributed by atoms with E-state index in [2.05, 4.69) is 0 Å². The zero-order valence-electron chi connectivity index (χ0n) is 15.5. The van der Waals surface area contributed by atoms with Gasteiger partial charge in [-0.3, -0.25) is 4.79 Å². The van der Waals surface area contributed by atoms with Crippen LogP contribution in [-0.4, -0.2) is 56.3 Å². The Morgan fingerprint density at radius 2 is 1.81 bits per heavy atom. The number of aromatic nitrogens is 1. The molecule has 1 fully saturated rings.